The van der Waals surface area contributed by atoms with Crippen molar-refractivity contribution in [3.8, 4) is 28.5 Å². The molecule has 0 atom stereocenters. The number of nitrogens with zero attached hydrogens (tertiary/aromatic N) is 4. The first-order valence-electron chi connectivity index (χ1n) is 12.6. The Morgan fingerprint density at radius 1 is 0.952 bits per heavy atom. The molecule has 0 bridgehead atoms. The molecule has 12 heteroatoms. The molecular weight excluding hydrogens is 589 g/mol. The smallest absolute Gasteiger partial charge is 0.263 e. The number of nitrogens with one attached hydrogen (secondary N) is 2. The van der Waals surface area contributed by atoms with E-state index >= 15 is 0 Å². The summed E-state index contributed by atoms with van der Waals surface area (Å²) in [6.07, 6.45) is 0. The lowest BCUT2D eigenvalue weighted by Gasteiger charge is -2.13. The highest BCUT2D eigenvalue weighted by molar-refractivity contribution is 8.00. The Hall–Kier alpha value is -4.57. The number of anilines is 2. The van der Waals surface area contributed by atoms with E-state index in [1.165, 1.54) is 36.0 Å². The average molecular weight is 613 g/mol. The van der Waals surface area contributed by atoms with Crippen LogP contribution in [0.25, 0.3) is 22.4 Å². The molecule has 0 saturated carbocycles. The van der Waals surface area contributed by atoms with Gasteiger partial charge >= 0.3 is 0 Å². The maximum Gasteiger partial charge on any atom is 0.263 e. The van der Waals surface area contributed by atoms with Gasteiger partial charge in [-0.15, -0.1) is 10.2 Å². The van der Waals surface area contributed by atoms with E-state index in [2.05, 4.69) is 26.3 Å². The zero-order valence-electron chi connectivity index (χ0n) is 22.5. The summed E-state index contributed by atoms with van der Waals surface area (Å²) >= 11 is 2.30. The van der Waals surface area contributed by atoms with Gasteiger partial charge in [0.1, 0.15) is 16.1 Å². The maximum absolute atomic E-state index is 12.9. The van der Waals surface area contributed by atoms with Gasteiger partial charge in [-0.3, -0.25) is 9.52 Å². The summed E-state index contributed by atoms with van der Waals surface area (Å²) in [7, 11) is -3.85. The minimum atomic E-state index is -3.85. The Bertz CT molecular complexity index is 1880. The highest BCUT2D eigenvalue weighted by Gasteiger charge is 2.19. The zero-order chi connectivity index (χ0) is 29.7. The van der Waals surface area contributed by atoms with E-state index in [4.69, 9.17) is 4.98 Å². The standard InChI is InChI=1S/C30H24N6O3S3/c1-19-8-10-21(11-9-19)25-16-27(22-6-4-3-5-7-22)33-29(26(25)17-31)40-18-28(37)32-23-12-14-24(15-13-23)42(38,39)36-30-35-34-20(2)41-30/h3-16H,18H2,1-2H3,(H,32,37)(H,35,36). The second kappa shape index (κ2) is 12.5. The van der Waals surface area contributed by atoms with E-state index in [0.29, 0.717) is 27.0 Å². The third-order valence-electron chi connectivity index (χ3n) is 6.07. The van der Waals surface area contributed by atoms with Gasteiger partial charge in [0, 0.05) is 16.8 Å². The molecule has 0 unspecified atom stereocenters. The maximum atomic E-state index is 12.9. The number of sulfonamides is 1. The molecule has 3 aromatic carbocycles. The van der Waals surface area contributed by atoms with Crippen molar-refractivity contribution in [1.29, 1.82) is 5.26 Å². The van der Waals surface area contributed by atoms with E-state index in [0.717, 1.165) is 33.6 Å². The van der Waals surface area contributed by atoms with E-state index in [1.54, 1.807) is 6.92 Å². The lowest BCUT2D eigenvalue weighted by molar-refractivity contribution is -0.113. The second-order valence-corrected chi connectivity index (χ2v) is 13.0. The molecule has 0 saturated heterocycles. The summed E-state index contributed by atoms with van der Waals surface area (Å²) in [5.74, 6) is -0.337. The van der Waals surface area contributed by atoms with Gasteiger partial charge in [0.05, 0.1) is 21.9 Å². The predicted molar refractivity (Wildman–Crippen MR) is 166 cm³/mol. The molecule has 0 aliphatic rings. The summed E-state index contributed by atoms with van der Waals surface area (Å²) in [4.78, 5) is 17.6. The van der Waals surface area contributed by atoms with Crippen molar-refractivity contribution in [2.24, 2.45) is 0 Å². The van der Waals surface area contributed by atoms with Gasteiger partial charge in [-0.1, -0.05) is 83.3 Å². The monoisotopic (exact) mass is 612 g/mol. The Balaban J connectivity index is 1.33. The van der Waals surface area contributed by atoms with E-state index in [-0.39, 0.29) is 21.7 Å². The molecule has 2 N–H and O–H groups in total. The normalized spacial score (nSPS) is 11.1. The van der Waals surface area contributed by atoms with Gasteiger partial charge in [0.15, 0.2) is 0 Å². The highest BCUT2D eigenvalue weighted by atomic mass is 32.2. The van der Waals surface area contributed by atoms with Gasteiger partial charge in [-0.2, -0.15) is 5.26 Å². The molecule has 0 aliphatic carbocycles. The van der Waals surface area contributed by atoms with Crippen molar-refractivity contribution in [3.05, 3.63) is 101 Å². The Kier molecular flexibility index (Phi) is 8.63. The van der Waals surface area contributed by atoms with Crippen LogP contribution in [0.15, 0.2) is 94.9 Å². The van der Waals surface area contributed by atoms with Crippen LogP contribution in [0.4, 0.5) is 10.8 Å². The molecule has 5 rings (SSSR count). The van der Waals surface area contributed by atoms with Crippen LogP contribution in [0.1, 0.15) is 16.1 Å². The molecule has 5 aromatic rings. The third kappa shape index (κ3) is 6.83. The molecule has 2 aromatic heterocycles. The van der Waals surface area contributed by atoms with Crippen LogP contribution in [0.2, 0.25) is 0 Å². The van der Waals surface area contributed by atoms with Crippen LogP contribution < -0.4 is 10.0 Å². The van der Waals surface area contributed by atoms with Gasteiger partial charge in [-0.05, 0) is 49.7 Å². The van der Waals surface area contributed by atoms with Crippen molar-refractivity contribution >= 4 is 49.8 Å². The third-order valence-corrected chi connectivity index (χ3v) is 9.28. The van der Waals surface area contributed by atoms with E-state index < -0.39 is 10.0 Å². The average Bonchev–Trinajstić information content (AvgIpc) is 3.40. The van der Waals surface area contributed by atoms with Crippen LogP contribution in [0.3, 0.4) is 0 Å². The summed E-state index contributed by atoms with van der Waals surface area (Å²) < 4.78 is 27.7. The minimum Gasteiger partial charge on any atom is -0.325 e. The largest absolute Gasteiger partial charge is 0.325 e. The number of carbonyl (C=O) groups excluding carboxylic acids is 1. The molecule has 0 radical (unpaired) electrons. The number of benzene rings is 3. The van der Waals surface area contributed by atoms with Crippen molar-refractivity contribution in [2.45, 2.75) is 23.8 Å². The predicted octanol–water partition coefficient (Wildman–Crippen LogP) is 6.29. The number of pyridine rings is 1. The topological polar surface area (TPSA) is 138 Å². The van der Waals surface area contributed by atoms with Crippen LogP contribution in [0, 0.1) is 25.2 Å². The second-order valence-electron chi connectivity index (χ2n) is 9.17. The number of aryl methyl sites for hydroxylation is 2. The van der Waals surface area contributed by atoms with Crippen molar-refractivity contribution in [2.75, 3.05) is 15.8 Å². The fraction of sp³-hybridized carbons (Fsp3) is 0.100. The first-order valence-corrected chi connectivity index (χ1v) is 15.9. The van der Waals surface area contributed by atoms with Crippen LogP contribution in [-0.2, 0) is 14.8 Å². The molecule has 210 valence electrons. The van der Waals surface area contributed by atoms with Gasteiger partial charge in [0.2, 0.25) is 11.0 Å². The van der Waals surface area contributed by atoms with Crippen molar-refractivity contribution < 1.29 is 13.2 Å². The fourth-order valence-electron chi connectivity index (χ4n) is 4.01. The molecular formula is C30H24N6O3S3. The number of hydrogen-bond acceptors (Lipinski definition) is 9. The van der Waals surface area contributed by atoms with Gasteiger partial charge in [-0.25, -0.2) is 13.4 Å². The summed E-state index contributed by atoms with van der Waals surface area (Å²) in [6, 6.07) is 27.6. The quantitative estimate of drug-likeness (QED) is 0.185. The number of thioether (sulfide) groups is 1. The number of nitriles is 1. The summed E-state index contributed by atoms with van der Waals surface area (Å²) in [6.45, 7) is 3.73. The SMILES string of the molecule is Cc1ccc(-c2cc(-c3ccccc3)nc(SCC(=O)Nc3ccc(S(=O)(=O)Nc4nnc(C)s4)cc3)c2C#N)cc1. The lowest BCUT2D eigenvalue weighted by atomic mass is 9.98. The first kappa shape index (κ1) is 28.9. The van der Waals surface area contributed by atoms with E-state index in [1.807, 2.05) is 67.6 Å². The number of carbonyl (C=O) groups is 1. The molecule has 2 heterocycles. The van der Waals surface area contributed by atoms with Crippen LogP contribution in [0.5, 0.6) is 0 Å². The number of aromatic nitrogens is 3. The molecule has 1 amide bonds. The first-order chi connectivity index (χ1) is 20.2. The number of hydrogen-bond donors (Lipinski definition) is 2. The van der Waals surface area contributed by atoms with Crippen molar-refractivity contribution in [3.63, 3.8) is 0 Å². The highest BCUT2D eigenvalue weighted by Crippen LogP contribution is 2.34. The fourth-order valence-corrected chi connectivity index (χ4v) is 6.64. The number of rotatable bonds is 9. The molecule has 42 heavy (non-hydrogen) atoms. The van der Waals surface area contributed by atoms with Gasteiger partial charge < -0.3 is 5.32 Å². The lowest BCUT2D eigenvalue weighted by Crippen LogP contribution is -2.15. The zero-order valence-corrected chi connectivity index (χ0v) is 25.0. The van der Waals surface area contributed by atoms with Crippen LogP contribution >= 0.6 is 23.1 Å². The molecule has 9 nitrogen and oxygen atoms in total. The number of amides is 1. The minimum absolute atomic E-state index is 0.00867. The van der Waals surface area contributed by atoms with Crippen LogP contribution in [-0.4, -0.2) is 35.3 Å². The molecule has 0 fully saturated rings. The summed E-state index contributed by atoms with van der Waals surface area (Å²) in [5.41, 5.74) is 5.14. The van der Waals surface area contributed by atoms with Crippen molar-refractivity contribution in [1.82, 2.24) is 15.2 Å². The summed E-state index contributed by atoms with van der Waals surface area (Å²) in [5, 5.41) is 21.7. The molecule has 0 aliphatic heterocycles. The Morgan fingerprint density at radius 3 is 2.31 bits per heavy atom. The van der Waals surface area contributed by atoms with E-state index in [9.17, 15) is 18.5 Å². The van der Waals surface area contributed by atoms with Gasteiger partial charge in [0.25, 0.3) is 10.0 Å². The Morgan fingerprint density at radius 2 is 1.67 bits per heavy atom. The Labute approximate surface area is 251 Å². The molecule has 0 spiro atoms.